The summed E-state index contributed by atoms with van der Waals surface area (Å²) in [4.78, 5) is 16.1. The van der Waals surface area contributed by atoms with Gasteiger partial charge < -0.3 is 5.32 Å². The number of nitrogens with one attached hydrogen (secondary N) is 1. The lowest BCUT2D eigenvalue weighted by Crippen LogP contribution is -2.17. The molecule has 0 bridgehead atoms. The van der Waals surface area contributed by atoms with Crippen molar-refractivity contribution in [2.24, 2.45) is 0 Å². The highest BCUT2D eigenvalue weighted by Gasteiger charge is 2.38. The Morgan fingerprint density at radius 3 is 2.74 bits per heavy atom. The zero-order chi connectivity index (χ0) is 16.0. The Morgan fingerprint density at radius 1 is 1.13 bits per heavy atom. The van der Waals surface area contributed by atoms with Crippen molar-refractivity contribution in [1.82, 2.24) is 19.9 Å². The second-order valence-electron chi connectivity index (χ2n) is 5.94. The average molecular weight is 313 g/mol. The van der Waals surface area contributed by atoms with Crippen LogP contribution in [0.15, 0.2) is 30.7 Å². The quantitative estimate of drug-likeness (QED) is 0.751. The van der Waals surface area contributed by atoms with Crippen LogP contribution in [0.1, 0.15) is 19.8 Å². The van der Waals surface area contributed by atoms with E-state index in [1.54, 1.807) is 18.5 Å². The highest BCUT2D eigenvalue weighted by molar-refractivity contribution is 5.90. The Hall–Kier alpha value is -2.70. The number of fused-ring (bicyclic) bond motifs is 1. The lowest BCUT2D eigenvalue weighted by atomic mass is 10.2. The molecule has 0 spiro atoms. The summed E-state index contributed by atoms with van der Waals surface area (Å²) < 4.78 is 27.4. The van der Waals surface area contributed by atoms with E-state index in [2.05, 4.69) is 32.2 Å². The number of rotatable bonds is 3. The Morgan fingerprint density at radius 2 is 1.96 bits per heavy atom. The molecule has 0 aromatic carbocycles. The first kappa shape index (κ1) is 13.9. The van der Waals surface area contributed by atoms with Gasteiger partial charge in [0.05, 0.1) is 17.3 Å². The lowest BCUT2D eigenvalue weighted by Gasteiger charge is -2.15. The SMILES string of the molecule is CC1(Nc2nc(-c3ccnc(F)c3F)nc3cnccc23)CC1. The zero-order valence-corrected chi connectivity index (χ0v) is 12.3. The van der Waals surface area contributed by atoms with Crippen LogP contribution in [-0.4, -0.2) is 25.5 Å². The van der Waals surface area contributed by atoms with Crippen LogP contribution in [0.2, 0.25) is 0 Å². The first-order valence-corrected chi connectivity index (χ1v) is 7.26. The molecule has 5 nitrogen and oxygen atoms in total. The van der Waals surface area contributed by atoms with Gasteiger partial charge in [-0.15, -0.1) is 0 Å². The van der Waals surface area contributed by atoms with Crippen LogP contribution in [0.4, 0.5) is 14.6 Å². The number of aromatic nitrogens is 4. The maximum absolute atomic E-state index is 14.0. The fourth-order valence-corrected chi connectivity index (χ4v) is 2.39. The molecule has 23 heavy (non-hydrogen) atoms. The Balaban J connectivity index is 1.92. The van der Waals surface area contributed by atoms with Crippen LogP contribution in [0.3, 0.4) is 0 Å². The van der Waals surface area contributed by atoms with E-state index < -0.39 is 11.8 Å². The fraction of sp³-hybridized carbons (Fsp3) is 0.250. The largest absolute Gasteiger partial charge is 0.364 e. The third kappa shape index (κ3) is 2.48. The van der Waals surface area contributed by atoms with Gasteiger partial charge in [-0.2, -0.15) is 4.39 Å². The molecule has 1 aliphatic carbocycles. The molecule has 0 aliphatic heterocycles. The topological polar surface area (TPSA) is 63.6 Å². The van der Waals surface area contributed by atoms with Crippen molar-refractivity contribution in [3.8, 4) is 11.4 Å². The van der Waals surface area contributed by atoms with Gasteiger partial charge in [0, 0.05) is 23.3 Å². The van der Waals surface area contributed by atoms with E-state index in [1.165, 1.54) is 12.3 Å². The van der Waals surface area contributed by atoms with Crippen LogP contribution in [0.25, 0.3) is 22.3 Å². The molecule has 3 aromatic heterocycles. The second kappa shape index (κ2) is 4.91. The van der Waals surface area contributed by atoms with Crippen molar-refractivity contribution in [2.45, 2.75) is 25.3 Å². The predicted molar refractivity (Wildman–Crippen MR) is 81.7 cm³/mol. The molecule has 1 fully saturated rings. The van der Waals surface area contributed by atoms with Gasteiger partial charge in [-0.3, -0.25) is 4.98 Å². The van der Waals surface area contributed by atoms with Crippen LogP contribution in [0.5, 0.6) is 0 Å². The van der Waals surface area contributed by atoms with Gasteiger partial charge >= 0.3 is 0 Å². The van der Waals surface area contributed by atoms with Crippen LogP contribution in [-0.2, 0) is 0 Å². The van der Waals surface area contributed by atoms with Crippen LogP contribution in [0, 0.1) is 11.8 Å². The number of nitrogens with zero attached hydrogens (tertiary/aromatic N) is 4. The molecule has 1 aliphatic rings. The number of hydrogen-bond donors (Lipinski definition) is 1. The molecule has 0 amide bonds. The van der Waals surface area contributed by atoms with Crippen molar-refractivity contribution in [3.05, 3.63) is 42.5 Å². The van der Waals surface area contributed by atoms with Crippen molar-refractivity contribution in [1.29, 1.82) is 0 Å². The Kier molecular flexibility index (Phi) is 2.97. The Labute approximate surface area is 130 Å². The van der Waals surface area contributed by atoms with Crippen LogP contribution < -0.4 is 5.32 Å². The van der Waals surface area contributed by atoms with E-state index in [0.29, 0.717) is 11.3 Å². The third-order valence-electron chi connectivity index (χ3n) is 4.01. The van der Waals surface area contributed by atoms with Gasteiger partial charge in [0.2, 0.25) is 5.95 Å². The van der Waals surface area contributed by atoms with E-state index in [4.69, 9.17) is 0 Å². The average Bonchev–Trinajstić information content (AvgIpc) is 3.27. The van der Waals surface area contributed by atoms with Crippen molar-refractivity contribution in [2.75, 3.05) is 5.32 Å². The van der Waals surface area contributed by atoms with E-state index in [-0.39, 0.29) is 16.9 Å². The molecule has 4 rings (SSSR count). The van der Waals surface area contributed by atoms with Crippen LogP contribution >= 0.6 is 0 Å². The summed E-state index contributed by atoms with van der Waals surface area (Å²) >= 11 is 0. The molecule has 3 heterocycles. The van der Waals surface area contributed by atoms with E-state index in [1.807, 2.05) is 0 Å². The van der Waals surface area contributed by atoms with Crippen molar-refractivity contribution >= 4 is 16.7 Å². The minimum Gasteiger partial charge on any atom is -0.364 e. The van der Waals surface area contributed by atoms with Gasteiger partial charge in [0.1, 0.15) is 5.82 Å². The summed E-state index contributed by atoms with van der Waals surface area (Å²) in [5.74, 6) is -1.51. The van der Waals surface area contributed by atoms with Gasteiger partial charge in [-0.25, -0.2) is 19.3 Å². The van der Waals surface area contributed by atoms with Crippen molar-refractivity contribution in [3.63, 3.8) is 0 Å². The number of hydrogen-bond acceptors (Lipinski definition) is 5. The first-order valence-electron chi connectivity index (χ1n) is 7.26. The molecule has 116 valence electrons. The number of anilines is 1. The normalized spacial score (nSPS) is 15.6. The fourth-order valence-electron chi connectivity index (χ4n) is 2.39. The highest BCUT2D eigenvalue weighted by Crippen LogP contribution is 2.39. The summed E-state index contributed by atoms with van der Waals surface area (Å²) in [5, 5.41) is 4.17. The first-order chi connectivity index (χ1) is 11.1. The monoisotopic (exact) mass is 313 g/mol. The molecule has 0 atom stereocenters. The molecule has 0 unspecified atom stereocenters. The van der Waals surface area contributed by atoms with E-state index in [0.717, 1.165) is 18.2 Å². The minimum atomic E-state index is -1.17. The maximum Gasteiger partial charge on any atom is 0.249 e. The lowest BCUT2D eigenvalue weighted by molar-refractivity contribution is 0.481. The van der Waals surface area contributed by atoms with E-state index in [9.17, 15) is 8.78 Å². The summed E-state index contributed by atoms with van der Waals surface area (Å²) in [6.07, 6.45) is 6.50. The van der Waals surface area contributed by atoms with Gasteiger partial charge in [0.25, 0.3) is 0 Å². The number of halogens is 2. The zero-order valence-electron chi connectivity index (χ0n) is 12.3. The predicted octanol–water partition coefficient (Wildman–Crippen LogP) is 3.33. The smallest absolute Gasteiger partial charge is 0.249 e. The van der Waals surface area contributed by atoms with Gasteiger partial charge in [-0.1, -0.05) is 0 Å². The standard InChI is InChI=1S/C16H13F2N5/c1-16(4-5-16)23-15-9-2-6-19-8-11(9)21-14(22-15)10-3-7-20-13(18)12(10)17/h2-3,6-8H,4-5H2,1H3,(H,21,22,23). The molecule has 3 aromatic rings. The summed E-state index contributed by atoms with van der Waals surface area (Å²) in [6.45, 7) is 2.09. The Bertz CT molecular complexity index is 908. The summed E-state index contributed by atoms with van der Waals surface area (Å²) in [6, 6.07) is 3.16. The summed E-state index contributed by atoms with van der Waals surface area (Å²) in [5.41, 5.74) is 0.539. The minimum absolute atomic E-state index is 0.0101. The van der Waals surface area contributed by atoms with Gasteiger partial charge in [0.15, 0.2) is 11.6 Å². The molecular formula is C16H13F2N5. The second-order valence-corrected chi connectivity index (χ2v) is 5.94. The van der Waals surface area contributed by atoms with Gasteiger partial charge in [-0.05, 0) is 31.9 Å². The third-order valence-corrected chi connectivity index (χ3v) is 4.01. The number of pyridine rings is 2. The maximum atomic E-state index is 14.0. The van der Waals surface area contributed by atoms with E-state index >= 15 is 0 Å². The molecular weight excluding hydrogens is 300 g/mol. The highest BCUT2D eigenvalue weighted by atomic mass is 19.2. The molecule has 7 heteroatoms. The molecule has 1 N–H and O–H groups in total. The molecule has 0 saturated heterocycles. The van der Waals surface area contributed by atoms with Crippen molar-refractivity contribution < 1.29 is 8.78 Å². The molecule has 0 radical (unpaired) electrons. The summed E-state index contributed by atoms with van der Waals surface area (Å²) in [7, 11) is 0. The molecule has 1 saturated carbocycles.